The highest BCUT2D eigenvalue weighted by molar-refractivity contribution is 9.10. The minimum absolute atomic E-state index is 0.0274. The van der Waals surface area contributed by atoms with E-state index in [-0.39, 0.29) is 18.5 Å². The smallest absolute Gasteiger partial charge is 0.337 e. The van der Waals surface area contributed by atoms with E-state index >= 15 is 0 Å². The summed E-state index contributed by atoms with van der Waals surface area (Å²) in [5, 5.41) is 6.01. The normalized spacial score (nSPS) is 11.6. The minimum atomic E-state index is -0.442. The topological polar surface area (TPSA) is 76.7 Å². The molecule has 2 N–H and O–H groups in total. The minimum Gasteiger partial charge on any atom is -0.496 e. The van der Waals surface area contributed by atoms with Gasteiger partial charge >= 0.3 is 5.97 Å². The summed E-state index contributed by atoms with van der Waals surface area (Å²) < 4.78 is 10.8. The molecule has 6 nitrogen and oxygen atoms in total. The van der Waals surface area contributed by atoms with Gasteiger partial charge in [0.05, 0.1) is 30.8 Å². The molecule has 0 aliphatic rings. The molecule has 7 heteroatoms. The fraction of sp³-hybridized carbons (Fsp3) is 0.300. The molecule has 0 unspecified atom stereocenters. The van der Waals surface area contributed by atoms with Gasteiger partial charge in [-0.2, -0.15) is 0 Å². The monoisotopic (exact) mass is 434 g/mol. The number of benzene rings is 2. The van der Waals surface area contributed by atoms with Crippen LogP contribution in [-0.4, -0.2) is 32.6 Å². The van der Waals surface area contributed by atoms with Gasteiger partial charge in [-0.1, -0.05) is 12.1 Å². The van der Waals surface area contributed by atoms with Crippen LogP contribution in [0, 0.1) is 6.92 Å². The molecule has 27 heavy (non-hydrogen) atoms. The van der Waals surface area contributed by atoms with E-state index in [4.69, 9.17) is 9.47 Å². The first-order valence-electron chi connectivity index (χ1n) is 8.41. The second-order valence-corrected chi connectivity index (χ2v) is 6.92. The van der Waals surface area contributed by atoms with E-state index in [1.807, 2.05) is 32.0 Å². The largest absolute Gasteiger partial charge is 0.496 e. The van der Waals surface area contributed by atoms with Crippen molar-refractivity contribution in [3.05, 3.63) is 57.6 Å². The lowest BCUT2D eigenvalue weighted by Crippen LogP contribution is -2.30. The van der Waals surface area contributed by atoms with Crippen LogP contribution in [0.25, 0.3) is 0 Å². The Hall–Kier alpha value is -2.38. The van der Waals surface area contributed by atoms with E-state index in [9.17, 15) is 9.59 Å². The zero-order chi connectivity index (χ0) is 20.0. The van der Waals surface area contributed by atoms with Crippen LogP contribution >= 0.6 is 15.9 Å². The molecule has 144 valence electrons. The van der Waals surface area contributed by atoms with E-state index < -0.39 is 5.97 Å². The lowest BCUT2D eigenvalue weighted by Gasteiger charge is -2.16. The average molecular weight is 435 g/mol. The Balaban J connectivity index is 1.98. The SMILES string of the molecule is COC(=O)c1ccc(C)c(NC(=O)CN[C@@H](C)c2ccc(OC)c(Br)c2)c1. The summed E-state index contributed by atoms with van der Waals surface area (Å²) in [4.78, 5) is 23.9. The predicted octanol–water partition coefficient (Wildman–Crippen LogP) is 3.84. The summed E-state index contributed by atoms with van der Waals surface area (Å²) in [6.45, 7) is 3.97. The van der Waals surface area contributed by atoms with Crippen molar-refractivity contribution in [2.24, 2.45) is 0 Å². The first-order valence-corrected chi connectivity index (χ1v) is 9.20. The van der Waals surface area contributed by atoms with Crippen LogP contribution in [0.15, 0.2) is 40.9 Å². The number of amides is 1. The van der Waals surface area contributed by atoms with E-state index in [0.717, 1.165) is 21.3 Å². The highest BCUT2D eigenvalue weighted by atomic mass is 79.9. The number of hydrogen-bond donors (Lipinski definition) is 2. The molecule has 0 fully saturated rings. The third-order valence-electron chi connectivity index (χ3n) is 4.18. The molecule has 0 bridgehead atoms. The lowest BCUT2D eigenvalue weighted by molar-refractivity contribution is -0.115. The number of nitrogens with one attached hydrogen (secondary N) is 2. The predicted molar refractivity (Wildman–Crippen MR) is 108 cm³/mol. The molecule has 0 spiro atoms. The molecule has 1 atom stereocenters. The van der Waals surface area contributed by atoms with E-state index in [0.29, 0.717) is 11.3 Å². The van der Waals surface area contributed by atoms with Crippen molar-refractivity contribution in [2.75, 3.05) is 26.1 Å². The Bertz CT molecular complexity index is 839. The van der Waals surface area contributed by atoms with Crippen molar-refractivity contribution >= 4 is 33.5 Å². The van der Waals surface area contributed by atoms with Gasteiger partial charge < -0.3 is 20.1 Å². The third kappa shape index (κ3) is 5.55. The van der Waals surface area contributed by atoms with Gasteiger partial charge in [-0.3, -0.25) is 4.79 Å². The number of esters is 1. The van der Waals surface area contributed by atoms with Gasteiger partial charge in [-0.05, 0) is 65.2 Å². The second-order valence-electron chi connectivity index (χ2n) is 6.07. The molecule has 1 amide bonds. The number of aryl methyl sites for hydroxylation is 1. The summed E-state index contributed by atoms with van der Waals surface area (Å²) >= 11 is 3.46. The van der Waals surface area contributed by atoms with Crippen LogP contribution in [0.3, 0.4) is 0 Å². The maximum Gasteiger partial charge on any atom is 0.337 e. The number of ether oxygens (including phenoxy) is 2. The number of carbonyl (C=O) groups excluding carboxylic acids is 2. The van der Waals surface area contributed by atoms with Gasteiger partial charge in [0.25, 0.3) is 0 Å². The number of carbonyl (C=O) groups is 2. The van der Waals surface area contributed by atoms with Gasteiger partial charge in [-0.25, -0.2) is 4.79 Å². The molecule has 0 saturated heterocycles. The molecule has 2 aromatic carbocycles. The molecule has 0 aliphatic carbocycles. The van der Waals surface area contributed by atoms with E-state index in [1.54, 1.807) is 25.3 Å². The van der Waals surface area contributed by atoms with Crippen molar-refractivity contribution in [2.45, 2.75) is 19.9 Å². The number of anilines is 1. The highest BCUT2D eigenvalue weighted by Gasteiger charge is 2.13. The maximum absolute atomic E-state index is 12.3. The van der Waals surface area contributed by atoms with Crippen molar-refractivity contribution in [1.29, 1.82) is 0 Å². The standard InChI is InChI=1S/C20H23BrN2O4/c1-12-5-6-15(20(25)27-4)10-17(12)23-19(24)11-22-13(2)14-7-8-18(26-3)16(21)9-14/h5-10,13,22H,11H2,1-4H3,(H,23,24)/t13-/m0/s1. The highest BCUT2D eigenvalue weighted by Crippen LogP contribution is 2.28. The van der Waals surface area contributed by atoms with Gasteiger partial charge in [-0.15, -0.1) is 0 Å². The lowest BCUT2D eigenvalue weighted by atomic mass is 10.1. The zero-order valence-electron chi connectivity index (χ0n) is 15.8. The van der Waals surface area contributed by atoms with Crippen molar-refractivity contribution in [3.8, 4) is 5.75 Å². The van der Waals surface area contributed by atoms with Crippen LogP contribution in [0.4, 0.5) is 5.69 Å². The molecule has 2 rings (SSSR count). The molecule has 0 aliphatic heterocycles. The molecule has 0 heterocycles. The number of halogens is 1. The van der Waals surface area contributed by atoms with Crippen LogP contribution in [0.5, 0.6) is 5.75 Å². The average Bonchev–Trinajstić information content (AvgIpc) is 2.67. The fourth-order valence-corrected chi connectivity index (χ4v) is 3.07. The maximum atomic E-state index is 12.3. The van der Waals surface area contributed by atoms with Gasteiger partial charge in [0.1, 0.15) is 5.75 Å². The summed E-state index contributed by atoms with van der Waals surface area (Å²) in [5.41, 5.74) is 2.87. The van der Waals surface area contributed by atoms with Gasteiger partial charge in [0, 0.05) is 11.7 Å². The van der Waals surface area contributed by atoms with Crippen molar-refractivity contribution in [3.63, 3.8) is 0 Å². The Labute approximate surface area is 167 Å². The van der Waals surface area contributed by atoms with Crippen LogP contribution in [0.2, 0.25) is 0 Å². The van der Waals surface area contributed by atoms with Crippen LogP contribution < -0.4 is 15.4 Å². The Kier molecular flexibility index (Phi) is 7.38. The number of hydrogen-bond acceptors (Lipinski definition) is 5. The fourth-order valence-electron chi connectivity index (χ4n) is 2.51. The number of methoxy groups -OCH3 is 2. The quantitative estimate of drug-likeness (QED) is 0.647. The second kappa shape index (κ2) is 9.53. The molecular weight excluding hydrogens is 412 g/mol. The number of rotatable bonds is 7. The summed E-state index contributed by atoms with van der Waals surface area (Å²) in [6, 6.07) is 10.8. The Morgan fingerprint density at radius 2 is 1.89 bits per heavy atom. The Morgan fingerprint density at radius 3 is 2.52 bits per heavy atom. The summed E-state index contributed by atoms with van der Waals surface area (Å²) in [7, 11) is 2.94. The van der Waals surface area contributed by atoms with E-state index in [2.05, 4.69) is 26.6 Å². The third-order valence-corrected chi connectivity index (χ3v) is 4.80. The van der Waals surface area contributed by atoms with Gasteiger partial charge in [0.2, 0.25) is 5.91 Å². The molecule has 0 aromatic heterocycles. The first kappa shape index (κ1) is 20.9. The summed E-state index contributed by atoms with van der Waals surface area (Å²) in [5.74, 6) is 0.117. The summed E-state index contributed by atoms with van der Waals surface area (Å²) in [6.07, 6.45) is 0. The molecule has 0 radical (unpaired) electrons. The van der Waals surface area contributed by atoms with Gasteiger partial charge in [0.15, 0.2) is 0 Å². The van der Waals surface area contributed by atoms with Crippen LogP contribution in [0.1, 0.15) is 34.5 Å². The van der Waals surface area contributed by atoms with Crippen molar-refractivity contribution < 1.29 is 19.1 Å². The van der Waals surface area contributed by atoms with Crippen molar-refractivity contribution in [1.82, 2.24) is 5.32 Å². The van der Waals surface area contributed by atoms with Crippen LogP contribution in [-0.2, 0) is 9.53 Å². The molecule has 2 aromatic rings. The molecule has 0 saturated carbocycles. The Morgan fingerprint density at radius 1 is 1.15 bits per heavy atom. The van der Waals surface area contributed by atoms with E-state index in [1.165, 1.54) is 7.11 Å². The zero-order valence-corrected chi connectivity index (χ0v) is 17.3. The molecular formula is C20H23BrN2O4. The first-order chi connectivity index (χ1) is 12.8.